The van der Waals surface area contributed by atoms with E-state index in [0.717, 1.165) is 11.3 Å². The number of amides is 1. The summed E-state index contributed by atoms with van der Waals surface area (Å²) in [4.78, 5) is 26.5. The molecular formula is C17H20N2O4S. The normalized spacial score (nSPS) is 10.4. The maximum Gasteiger partial charge on any atom is 0.355 e. The number of carbonyl (C=O) groups excluding carboxylic acids is 1. The van der Waals surface area contributed by atoms with Crippen molar-refractivity contribution in [3.63, 3.8) is 0 Å². The number of aromatic carboxylic acids is 1. The molecule has 0 spiro atoms. The molecule has 1 aromatic heterocycles. The maximum atomic E-state index is 11.8. The molecule has 7 heteroatoms. The molecule has 1 aromatic carbocycles. The minimum Gasteiger partial charge on any atom is -0.493 e. The summed E-state index contributed by atoms with van der Waals surface area (Å²) in [6.07, 6.45) is 0.785. The van der Waals surface area contributed by atoms with Gasteiger partial charge in [-0.3, -0.25) is 4.79 Å². The highest BCUT2D eigenvalue weighted by molar-refractivity contribution is 7.09. The lowest BCUT2D eigenvalue weighted by Gasteiger charge is -2.09. The molecule has 0 unspecified atom stereocenters. The highest BCUT2D eigenvalue weighted by atomic mass is 32.1. The lowest BCUT2D eigenvalue weighted by Crippen LogP contribution is -2.27. The van der Waals surface area contributed by atoms with Gasteiger partial charge in [-0.2, -0.15) is 0 Å². The number of hydrogen-bond donors (Lipinski definition) is 2. The lowest BCUT2D eigenvalue weighted by molar-refractivity contribution is -0.121. The highest BCUT2D eigenvalue weighted by Crippen LogP contribution is 2.18. The van der Waals surface area contributed by atoms with E-state index in [0.29, 0.717) is 24.6 Å². The van der Waals surface area contributed by atoms with E-state index in [1.807, 2.05) is 32.0 Å². The van der Waals surface area contributed by atoms with Crippen LogP contribution in [0.5, 0.6) is 5.75 Å². The first-order chi connectivity index (χ1) is 11.5. The molecular weight excluding hydrogens is 328 g/mol. The van der Waals surface area contributed by atoms with Crippen LogP contribution >= 0.6 is 11.3 Å². The standard InChI is InChI=1S/C17H20N2O4S/c1-11-3-4-14(12(2)9-11)23-8-6-15(20)18-7-5-16-19-13(10-24-16)17(21)22/h3-4,9-10H,5-8H2,1-2H3,(H,18,20)(H,21,22). The molecule has 2 rings (SSSR count). The van der Waals surface area contributed by atoms with E-state index in [1.54, 1.807) is 0 Å². The van der Waals surface area contributed by atoms with Gasteiger partial charge in [0.05, 0.1) is 18.0 Å². The number of nitrogens with zero attached hydrogens (tertiary/aromatic N) is 1. The molecule has 0 fully saturated rings. The number of ether oxygens (including phenoxy) is 1. The van der Waals surface area contributed by atoms with Gasteiger partial charge in [0.25, 0.3) is 0 Å². The second-order valence-corrected chi connectivity index (χ2v) is 6.34. The molecule has 0 saturated carbocycles. The summed E-state index contributed by atoms with van der Waals surface area (Å²) in [7, 11) is 0. The Morgan fingerprint density at radius 1 is 1.33 bits per heavy atom. The number of benzene rings is 1. The van der Waals surface area contributed by atoms with Crippen molar-refractivity contribution in [2.24, 2.45) is 0 Å². The summed E-state index contributed by atoms with van der Waals surface area (Å²) in [5.74, 6) is -0.350. The third kappa shape index (κ3) is 5.34. The van der Waals surface area contributed by atoms with Crippen LogP contribution in [0.2, 0.25) is 0 Å². The van der Waals surface area contributed by atoms with Crippen molar-refractivity contribution in [1.29, 1.82) is 0 Å². The summed E-state index contributed by atoms with van der Waals surface area (Å²) in [6, 6.07) is 5.92. The van der Waals surface area contributed by atoms with Crippen LogP contribution < -0.4 is 10.1 Å². The van der Waals surface area contributed by atoms with Crippen LogP contribution in [0.3, 0.4) is 0 Å². The fourth-order valence-corrected chi connectivity index (χ4v) is 2.91. The fourth-order valence-electron chi connectivity index (χ4n) is 2.14. The molecule has 0 bridgehead atoms. The van der Waals surface area contributed by atoms with Gasteiger partial charge in [0.15, 0.2) is 5.69 Å². The van der Waals surface area contributed by atoms with Crippen LogP contribution in [0.4, 0.5) is 0 Å². The molecule has 1 heterocycles. The number of aromatic nitrogens is 1. The largest absolute Gasteiger partial charge is 0.493 e. The second kappa shape index (κ2) is 8.44. The Morgan fingerprint density at radius 3 is 2.79 bits per heavy atom. The van der Waals surface area contributed by atoms with Gasteiger partial charge in [0, 0.05) is 18.3 Å². The van der Waals surface area contributed by atoms with Gasteiger partial charge in [-0.05, 0) is 25.5 Å². The van der Waals surface area contributed by atoms with Gasteiger partial charge in [-0.1, -0.05) is 17.7 Å². The monoisotopic (exact) mass is 348 g/mol. The van der Waals surface area contributed by atoms with E-state index in [-0.39, 0.29) is 18.0 Å². The number of aryl methyl sites for hydroxylation is 2. The van der Waals surface area contributed by atoms with Crippen molar-refractivity contribution in [3.05, 3.63) is 45.4 Å². The van der Waals surface area contributed by atoms with Gasteiger partial charge < -0.3 is 15.2 Å². The van der Waals surface area contributed by atoms with Gasteiger partial charge in [-0.25, -0.2) is 9.78 Å². The van der Waals surface area contributed by atoms with Crippen LogP contribution in [-0.4, -0.2) is 35.1 Å². The molecule has 0 aliphatic carbocycles. The highest BCUT2D eigenvalue weighted by Gasteiger charge is 2.09. The Bertz CT molecular complexity index is 727. The molecule has 6 nitrogen and oxygen atoms in total. The summed E-state index contributed by atoms with van der Waals surface area (Å²) < 4.78 is 5.62. The van der Waals surface area contributed by atoms with Crippen LogP contribution in [-0.2, 0) is 11.2 Å². The Labute approximate surface area is 144 Å². The van der Waals surface area contributed by atoms with E-state index in [9.17, 15) is 9.59 Å². The van der Waals surface area contributed by atoms with Crippen LogP contribution in [0.25, 0.3) is 0 Å². The molecule has 24 heavy (non-hydrogen) atoms. The van der Waals surface area contributed by atoms with E-state index < -0.39 is 5.97 Å². The number of thiazole rings is 1. The summed E-state index contributed by atoms with van der Waals surface area (Å²) in [5.41, 5.74) is 2.27. The van der Waals surface area contributed by atoms with E-state index >= 15 is 0 Å². The average Bonchev–Trinajstić information content (AvgIpc) is 2.98. The first kappa shape index (κ1) is 17.9. The van der Waals surface area contributed by atoms with Crippen LogP contribution in [0, 0.1) is 13.8 Å². The van der Waals surface area contributed by atoms with Gasteiger partial charge in [-0.15, -0.1) is 11.3 Å². The lowest BCUT2D eigenvalue weighted by atomic mass is 10.1. The SMILES string of the molecule is Cc1ccc(OCCC(=O)NCCc2nc(C(=O)O)cs2)c(C)c1. The Morgan fingerprint density at radius 2 is 2.12 bits per heavy atom. The minimum atomic E-state index is -1.04. The maximum absolute atomic E-state index is 11.8. The molecule has 0 saturated heterocycles. The number of carboxylic acid groups (broad SMARTS) is 1. The Balaban J connectivity index is 1.67. The smallest absolute Gasteiger partial charge is 0.355 e. The third-order valence-corrected chi connectivity index (χ3v) is 4.26. The third-order valence-electron chi connectivity index (χ3n) is 3.35. The Kier molecular flexibility index (Phi) is 6.31. The predicted octanol–water partition coefficient (Wildman–Crippen LogP) is 2.59. The molecule has 0 radical (unpaired) electrons. The molecule has 2 N–H and O–H groups in total. The van der Waals surface area contributed by atoms with Crippen molar-refractivity contribution in [3.8, 4) is 5.75 Å². The first-order valence-corrected chi connectivity index (χ1v) is 8.48. The zero-order valence-corrected chi connectivity index (χ0v) is 14.5. The summed E-state index contributed by atoms with van der Waals surface area (Å²) >= 11 is 1.28. The van der Waals surface area contributed by atoms with Crippen LogP contribution in [0.1, 0.15) is 33.0 Å². The Hall–Kier alpha value is -2.41. The van der Waals surface area contributed by atoms with Crippen molar-refractivity contribution in [1.82, 2.24) is 10.3 Å². The molecule has 0 atom stereocenters. The van der Waals surface area contributed by atoms with Crippen LogP contribution in [0.15, 0.2) is 23.6 Å². The summed E-state index contributed by atoms with van der Waals surface area (Å²) in [5, 5.41) is 13.8. The van der Waals surface area contributed by atoms with Crippen molar-refractivity contribution >= 4 is 23.2 Å². The van der Waals surface area contributed by atoms with Crippen molar-refractivity contribution < 1.29 is 19.4 Å². The van der Waals surface area contributed by atoms with E-state index in [2.05, 4.69) is 10.3 Å². The zero-order valence-electron chi connectivity index (χ0n) is 13.7. The number of hydrogen-bond acceptors (Lipinski definition) is 5. The minimum absolute atomic E-state index is 0.0446. The van der Waals surface area contributed by atoms with Crippen molar-refractivity contribution in [2.45, 2.75) is 26.7 Å². The average molecular weight is 348 g/mol. The van der Waals surface area contributed by atoms with Gasteiger partial charge >= 0.3 is 5.97 Å². The van der Waals surface area contributed by atoms with E-state index in [1.165, 1.54) is 22.3 Å². The molecule has 128 valence electrons. The number of carboxylic acids is 1. The summed E-state index contributed by atoms with van der Waals surface area (Å²) in [6.45, 7) is 4.74. The van der Waals surface area contributed by atoms with Crippen molar-refractivity contribution in [2.75, 3.05) is 13.2 Å². The molecule has 2 aromatic rings. The van der Waals surface area contributed by atoms with Gasteiger partial charge in [0.1, 0.15) is 5.75 Å². The first-order valence-electron chi connectivity index (χ1n) is 7.60. The van der Waals surface area contributed by atoms with Gasteiger partial charge in [0.2, 0.25) is 5.91 Å². The molecule has 0 aliphatic rings. The quantitative estimate of drug-likeness (QED) is 0.765. The second-order valence-electron chi connectivity index (χ2n) is 5.40. The number of nitrogens with one attached hydrogen (secondary N) is 1. The number of rotatable bonds is 8. The number of carbonyl (C=O) groups is 2. The topological polar surface area (TPSA) is 88.5 Å². The zero-order chi connectivity index (χ0) is 17.5. The molecule has 1 amide bonds. The molecule has 0 aliphatic heterocycles. The van der Waals surface area contributed by atoms with E-state index in [4.69, 9.17) is 9.84 Å². The fraction of sp³-hybridized carbons (Fsp3) is 0.353. The predicted molar refractivity (Wildman–Crippen MR) is 91.8 cm³/mol.